The lowest BCUT2D eigenvalue weighted by Gasteiger charge is -1.99. The van der Waals surface area contributed by atoms with E-state index < -0.39 is 5.82 Å². The molecule has 2 aromatic rings. The Morgan fingerprint density at radius 1 is 1.39 bits per heavy atom. The summed E-state index contributed by atoms with van der Waals surface area (Å²) in [5.74, 6) is 0.470. The molecule has 1 aromatic carbocycles. The topological polar surface area (TPSA) is 48.2 Å². The predicted octanol–water partition coefficient (Wildman–Crippen LogP) is 3.03. The van der Waals surface area contributed by atoms with Crippen LogP contribution in [-0.2, 0) is 4.74 Å². The van der Waals surface area contributed by atoms with Crippen molar-refractivity contribution in [1.29, 1.82) is 0 Å². The summed E-state index contributed by atoms with van der Waals surface area (Å²) in [6.45, 7) is 1.30. The smallest absolute Gasteiger partial charge is 0.259 e. The van der Waals surface area contributed by atoms with Crippen molar-refractivity contribution in [2.45, 2.75) is 12.3 Å². The highest BCUT2D eigenvalue weighted by Crippen LogP contribution is 2.30. The molecule has 2 heterocycles. The molecule has 0 spiro atoms. The normalized spacial score (nSPS) is 19.3. The largest absolute Gasteiger partial charge is 0.381 e. The molecule has 1 fully saturated rings. The maximum atomic E-state index is 13.3. The Kier molecular flexibility index (Phi) is 3.01. The molecule has 0 amide bonds. The lowest BCUT2D eigenvalue weighted by Crippen LogP contribution is -1.99. The van der Waals surface area contributed by atoms with Crippen LogP contribution < -0.4 is 0 Å². The van der Waals surface area contributed by atoms with Crippen molar-refractivity contribution in [2.75, 3.05) is 13.2 Å². The van der Waals surface area contributed by atoms with E-state index in [0.29, 0.717) is 24.6 Å². The summed E-state index contributed by atoms with van der Waals surface area (Å²) < 4.78 is 23.7. The summed E-state index contributed by atoms with van der Waals surface area (Å²) in [6.07, 6.45) is 0.871. The minimum absolute atomic E-state index is 0.00429. The van der Waals surface area contributed by atoms with Gasteiger partial charge in [-0.3, -0.25) is 0 Å². The summed E-state index contributed by atoms with van der Waals surface area (Å²) in [6, 6.07) is 4.49. The van der Waals surface area contributed by atoms with Gasteiger partial charge in [0.2, 0.25) is 0 Å². The maximum Gasteiger partial charge on any atom is 0.259 e. The fourth-order valence-corrected chi connectivity index (χ4v) is 2.12. The maximum absolute atomic E-state index is 13.3. The van der Waals surface area contributed by atoms with Gasteiger partial charge in [-0.05, 0) is 18.6 Å². The van der Waals surface area contributed by atoms with Crippen molar-refractivity contribution in [3.05, 3.63) is 34.9 Å². The predicted molar refractivity (Wildman–Crippen MR) is 62.9 cm³/mol. The van der Waals surface area contributed by atoms with E-state index in [9.17, 15) is 4.39 Å². The molecule has 0 N–H and O–H groups in total. The Morgan fingerprint density at radius 3 is 3.06 bits per heavy atom. The van der Waals surface area contributed by atoms with Gasteiger partial charge in [0.15, 0.2) is 5.82 Å². The van der Waals surface area contributed by atoms with Crippen molar-refractivity contribution >= 4 is 11.6 Å². The van der Waals surface area contributed by atoms with Crippen LogP contribution in [0.4, 0.5) is 4.39 Å². The van der Waals surface area contributed by atoms with Crippen LogP contribution in [0.1, 0.15) is 18.2 Å². The Bertz CT molecular complexity index is 567. The Labute approximate surface area is 108 Å². The summed E-state index contributed by atoms with van der Waals surface area (Å²) in [5.41, 5.74) is 0.411. The average molecular weight is 269 g/mol. The first-order valence-corrected chi connectivity index (χ1v) is 5.99. The van der Waals surface area contributed by atoms with Gasteiger partial charge in [-0.25, -0.2) is 4.39 Å². The number of hydrogen-bond donors (Lipinski definition) is 0. The highest BCUT2D eigenvalue weighted by atomic mass is 35.5. The third kappa shape index (κ3) is 2.00. The quantitative estimate of drug-likeness (QED) is 0.840. The van der Waals surface area contributed by atoms with E-state index >= 15 is 0 Å². The molecule has 0 bridgehead atoms. The zero-order chi connectivity index (χ0) is 12.5. The van der Waals surface area contributed by atoms with E-state index in [-0.39, 0.29) is 16.8 Å². The van der Waals surface area contributed by atoms with Crippen molar-refractivity contribution in [2.24, 2.45) is 0 Å². The molecule has 18 heavy (non-hydrogen) atoms. The van der Waals surface area contributed by atoms with E-state index in [0.717, 1.165) is 6.42 Å². The van der Waals surface area contributed by atoms with Crippen molar-refractivity contribution < 1.29 is 13.7 Å². The standard InChI is InChI=1S/C12H10ClFN2O2/c13-10-8(2-1-3-9(10)14)12-15-11(16-18-12)7-4-5-17-6-7/h1-3,7H,4-6H2. The Hall–Kier alpha value is -1.46. The third-order valence-corrected chi connectivity index (χ3v) is 3.30. The van der Waals surface area contributed by atoms with E-state index in [1.54, 1.807) is 12.1 Å². The lowest BCUT2D eigenvalue weighted by molar-refractivity contribution is 0.192. The number of hydrogen-bond acceptors (Lipinski definition) is 4. The van der Waals surface area contributed by atoms with Crippen LogP contribution in [0.2, 0.25) is 5.02 Å². The van der Waals surface area contributed by atoms with Crippen LogP contribution in [0.25, 0.3) is 11.5 Å². The van der Waals surface area contributed by atoms with Gasteiger partial charge in [-0.1, -0.05) is 22.8 Å². The summed E-state index contributed by atoms with van der Waals surface area (Å²) >= 11 is 5.87. The van der Waals surface area contributed by atoms with Crippen molar-refractivity contribution in [3.8, 4) is 11.5 Å². The van der Waals surface area contributed by atoms with E-state index in [4.69, 9.17) is 20.9 Å². The van der Waals surface area contributed by atoms with Gasteiger partial charge in [0.25, 0.3) is 5.89 Å². The molecule has 1 atom stereocenters. The molecule has 94 valence electrons. The van der Waals surface area contributed by atoms with Crippen LogP contribution in [0, 0.1) is 5.82 Å². The number of rotatable bonds is 2. The molecule has 0 saturated carbocycles. The third-order valence-electron chi connectivity index (χ3n) is 2.92. The molecule has 0 radical (unpaired) electrons. The zero-order valence-corrected chi connectivity index (χ0v) is 10.2. The molecule has 0 aliphatic carbocycles. The van der Waals surface area contributed by atoms with Crippen molar-refractivity contribution in [3.63, 3.8) is 0 Å². The first-order chi connectivity index (χ1) is 8.75. The molecule has 1 aliphatic rings. The van der Waals surface area contributed by atoms with Crippen molar-refractivity contribution in [1.82, 2.24) is 10.1 Å². The fraction of sp³-hybridized carbons (Fsp3) is 0.333. The van der Waals surface area contributed by atoms with Gasteiger partial charge in [0.05, 0.1) is 17.2 Å². The summed E-state index contributed by atoms with van der Waals surface area (Å²) in [4.78, 5) is 4.26. The molecule has 1 unspecified atom stereocenters. The van der Waals surface area contributed by atoms with Gasteiger partial charge in [0, 0.05) is 12.5 Å². The monoisotopic (exact) mass is 268 g/mol. The van der Waals surface area contributed by atoms with Crippen LogP contribution >= 0.6 is 11.6 Å². The highest BCUT2D eigenvalue weighted by Gasteiger charge is 2.24. The second kappa shape index (κ2) is 4.66. The molecule has 1 saturated heterocycles. The first kappa shape index (κ1) is 11.6. The molecular weight excluding hydrogens is 259 g/mol. The number of halogens is 2. The zero-order valence-electron chi connectivity index (χ0n) is 9.40. The number of benzene rings is 1. The number of aromatic nitrogens is 2. The van der Waals surface area contributed by atoms with Gasteiger partial charge in [-0.15, -0.1) is 0 Å². The summed E-state index contributed by atoms with van der Waals surface area (Å²) in [5, 5.41) is 3.89. The number of nitrogens with zero attached hydrogens (tertiary/aromatic N) is 2. The van der Waals surface area contributed by atoms with Gasteiger partial charge in [-0.2, -0.15) is 4.98 Å². The second-order valence-corrected chi connectivity index (χ2v) is 4.50. The van der Waals surface area contributed by atoms with E-state index in [2.05, 4.69) is 10.1 Å². The van der Waals surface area contributed by atoms with Crippen LogP contribution in [0.5, 0.6) is 0 Å². The minimum atomic E-state index is -0.502. The lowest BCUT2D eigenvalue weighted by atomic mass is 10.1. The average Bonchev–Trinajstić information content (AvgIpc) is 3.01. The molecule has 6 heteroatoms. The van der Waals surface area contributed by atoms with Gasteiger partial charge in [0.1, 0.15) is 5.82 Å². The van der Waals surface area contributed by atoms with Crippen LogP contribution in [0.3, 0.4) is 0 Å². The minimum Gasteiger partial charge on any atom is -0.381 e. The van der Waals surface area contributed by atoms with Gasteiger partial charge < -0.3 is 9.26 Å². The van der Waals surface area contributed by atoms with Crippen LogP contribution in [0.15, 0.2) is 22.7 Å². The molecule has 1 aliphatic heterocycles. The Balaban J connectivity index is 1.95. The summed E-state index contributed by atoms with van der Waals surface area (Å²) in [7, 11) is 0. The molecular formula is C12H10ClFN2O2. The highest BCUT2D eigenvalue weighted by molar-refractivity contribution is 6.33. The fourth-order valence-electron chi connectivity index (χ4n) is 1.92. The van der Waals surface area contributed by atoms with Crippen LogP contribution in [-0.4, -0.2) is 23.4 Å². The molecule has 1 aromatic heterocycles. The number of ether oxygens (including phenoxy) is 1. The molecule has 4 nitrogen and oxygen atoms in total. The SMILES string of the molecule is Fc1cccc(-c2nc(C3CCOC3)no2)c1Cl. The first-order valence-electron chi connectivity index (χ1n) is 5.61. The van der Waals surface area contributed by atoms with E-state index in [1.807, 2.05) is 0 Å². The Morgan fingerprint density at radius 2 is 2.28 bits per heavy atom. The van der Waals surface area contributed by atoms with Gasteiger partial charge >= 0.3 is 0 Å². The van der Waals surface area contributed by atoms with E-state index in [1.165, 1.54) is 6.07 Å². The molecule has 3 rings (SSSR count). The second-order valence-electron chi connectivity index (χ2n) is 4.12.